The van der Waals surface area contributed by atoms with Crippen LogP contribution in [0.5, 0.6) is 5.75 Å². The van der Waals surface area contributed by atoms with E-state index in [2.05, 4.69) is 29.1 Å². The molecule has 0 aliphatic rings. The molecule has 0 saturated carbocycles. The number of benzene rings is 1. The zero-order valence-corrected chi connectivity index (χ0v) is 12.6. The third-order valence-corrected chi connectivity index (χ3v) is 3.32. The van der Waals surface area contributed by atoms with E-state index in [0.717, 1.165) is 47.8 Å². The fourth-order valence-electron chi connectivity index (χ4n) is 2.28. The summed E-state index contributed by atoms with van der Waals surface area (Å²) in [6.07, 6.45) is 0. The summed E-state index contributed by atoms with van der Waals surface area (Å²) in [5.41, 5.74) is 3.06. The summed E-state index contributed by atoms with van der Waals surface area (Å²) in [6.45, 7) is 6.34. The van der Waals surface area contributed by atoms with E-state index in [-0.39, 0.29) is 0 Å². The third kappa shape index (κ3) is 3.02. The van der Waals surface area contributed by atoms with Crippen molar-refractivity contribution < 1.29 is 9.47 Å². The minimum atomic E-state index is 0.722. The molecule has 2 rings (SSSR count). The average molecular weight is 274 g/mol. The molecule has 0 bridgehead atoms. The number of pyridine rings is 1. The van der Waals surface area contributed by atoms with Crippen LogP contribution in [0.25, 0.3) is 10.9 Å². The number of rotatable bonds is 6. The number of likely N-dealkylation sites (N-methyl/N-ethyl adjacent to an activating group) is 1. The lowest BCUT2D eigenvalue weighted by Gasteiger charge is -2.22. The van der Waals surface area contributed by atoms with Crippen LogP contribution in [0.4, 0.5) is 5.69 Å². The monoisotopic (exact) mass is 274 g/mol. The SMILES string of the molecule is CCOCCN(C)c1cc(C)nc2c(OC)cccc12. The van der Waals surface area contributed by atoms with Gasteiger partial charge in [0.25, 0.3) is 0 Å². The van der Waals surface area contributed by atoms with Gasteiger partial charge in [0, 0.05) is 37.0 Å². The lowest BCUT2D eigenvalue weighted by atomic mass is 10.1. The lowest BCUT2D eigenvalue weighted by molar-refractivity contribution is 0.154. The smallest absolute Gasteiger partial charge is 0.145 e. The molecule has 0 aliphatic heterocycles. The number of ether oxygens (including phenoxy) is 2. The van der Waals surface area contributed by atoms with Gasteiger partial charge in [0.15, 0.2) is 0 Å². The van der Waals surface area contributed by atoms with Crippen LogP contribution < -0.4 is 9.64 Å². The van der Waals surface area contributed by atoms with E-state index >= 15 is 0 Å². The first-order chi connectivity index (χ1) is 9.67. The summed E-state index contributed by atoms with van der Waals surface area (Å²) in [7, 11) is 3.75. The van der Waals surface area contributed by atoms with Gasteiger partial charge in [-0.1, -0.05) is 12.1 Å². The molecule has 4 nitrogen and oxygen atoms in total. The molecular weight excluding hydrogens is 252 g/mol. The van der Waals surface area contributed by atoms with Crippen molar-refractivity contribution in [1.82, 2.24) is 4.98 Å². The fourth-order valence-corrected chi connectivity index (χ4v) is 2.28. The van der Waals surface area contributed by atoms with E-state index in [1.807, 2.05) is 26.0 Å². The fraction of sp³-hybridized carbons (Fsp3) is 0.438. The Labute approximate surface area is 120 Å². The van der Waals surface area contributed by atoms with Gasteiger partial charge in [-0.05, 0) is 26.0 Å². The number of fused-ring (bicyclic) bond motifs is 1. The highest BCUT2D eigenvalue weighted by Gasteiger charge is 2.11. The second-order valence-electron chi connectivity index (χ2n) is 4.76. The number of hydrogen-bond donors (Lipinski definition) is 0. The molecule has 1 heterocycles. The topological polar surface area (TPSA) is 34.6 Å². The maximum Gasteiger partial charge on any atom is 0.145 e. The molecule has 0 spiro atoms. The molecule has 0 fully saturated rings. The zero-order valence-electron chi connectivity index (χ0n) is 12.6. The Morgan fingerprint density at radius 3 is 2.80 bits per heavy atom. The highest BCUT2D eigenvalue weighted by atomic mass is 16.5. The Morgan fingerprint density at radius 1 is 1.30 bits per heavy atom. The first-order valence-electron chi connectivity index (χ1n) is 6.90. The maximum absolute atomic E-state index is 5.43. The lowest BCUT2D eigenvalue weighted by Crippen LogP contribution is -2.23. The Kier molecular flexibility index (Phi) is 4.79. The third-order valence-electron chi connectivity index (χ3n) is 3.32. The van der Waals surface area contributed by atoms with Crippen molar-refractivity contribution >= 4 is 16.6 Å². The predicted molar refractivity (Wildman–Crippen MR) is 82.8 cm³/mol. The standard InChI is InChI=1S/C16H22N2O2/c1-5-20-10-9-18(3)14-11-12(2)17-16-13(14)7-6-8-15(16)19-4/h6-8,11H,5,9-10H2,1-4H3. The molecule has 0 radical (unpaired) electrons. The Morgan fingerprint density at radius 2 is 2.10 bits per heavy atom. The maximum atomic E-state index is 5.43. The van der Waals surface area contributed by atoms with Crippen molar-refractivity contribution in [3.8, 4) is 5.75 Å². The summed E-state index contributed by atoms with van der Waals surface area (Å²) < 4.78 is 10.8. The van der Waals surface area contributed by atoms with Gasteiger partial charge in [0.2, 0.25) is 0 Å². The van der Waals surface area contributed by atoms with Gasteiger partial charge < -0.3 is 14.4 Å². The van der Waals surface area contributed by atoms with Crippen molar-refractivity contribution in [2.75, 3.05) is 38.8 Å². The molecule has 20 heavy (non-hydrogen) atoms. The van der Waals surface area contributed by atoms with Crippen LogP contribution in [0.3, 0.4) is 0 Å². The second-order valence-corrected chi connectivity index (χ2v) is 4.76. The van der Waals surface area contributed by atoms with Gasteiger partial charge >= 0.3 is 0 Å². The van der Waals surface area contributed by atoms with Crippen molar-refractivity contribution in [1.29, 1.82) is 0 Å². The summed E-state index contributed by atoms with van der Waals surface area (Å²) >= 11 is 0. The molecule has 0 aliphatic carbocycles. The van der Waals surface area contributed by atoms with Crippen molar-refractivity contribution in [2.45, 2.75) is 13.8 Å². The number of para-hydroxylation sites is 1. The first-order valence-corrected chi connectivity index (χ1v) is 6.90. The summed E-state index contributed by atoms with van der Waals surface area (Å²) in [5.74, 6) is 0.811. The molecule has 1 aromatic carbocycles. The minimum absolute atomic E-state index is 0.722. The van der Waals surface area contributed by atoms with Crippen LogP contribution in [0.2, 0.25) is 0 Å². The summed E-state index contributed by atoms with van der Waals surface area (Å²) in [6, 6.07) is 8.13. The average Bonchev–Trinajstić information content (AvgIpc) is 2.45. The van der Waals surface area contributed by atoms with Gasteiger partial charge in [-0.15, -0.1) is 0 Å². The molecule has 108 valence electrons. The van der Waals surface area contributed by atoms with Crippen LogP contribution in [0.1, 0.15) is 12.6 Å². The largest absolute Gasteiger partial charge is 0.494 e. The quantitative estimate of drug-likeness (QED) is 0.758. The molecule has 0 N–H and O–H groups in total. The summed E-state index contributed by atoms with van der Waals surface area (Å²) in [4.78, 5) is 6.80. The van der Waals surface area contributed by atoms with Crippen molar-refractivity contribution in [2.24, 2.45) is 0 Å². The van der Waals surface area contributed by atoms with Gasteiger partial charge in [-0.25, -0.2) is 4.98 Å². The van der Waals surface area contributed by atoms with Gasteiger partial charge in [0.1, 0.15) is 11.3 Å². The number of anilines is 1. The number of methoxy groups -OCH3 is 1. The second kappa shape index (κ2) is 6.57. The highest BCUT2D eigenvalue weighted by molar-refractivity contribution is 5.95. The molecule has 1 aromatic heterocycles. The Bertz CT molecular complexity index is 584. The van der Waals surface area contributed by atoms with Crippen LogP contribution in [-0.4, -0.2) is 38.9 Å². The first kappa shape index (κ1) is 14.6. The van der Waals surface area contributed by atoms with Gasteiger partial charge in [0.05, 0.1) is 13.7 Å². The van der Waals surface area contributed by atoms with E-state index in [4.69, 9.17) is 9.47 Å². The molecule has 0 atom stereocenters. The highest BCUT2D eigenvalue weighted by Crippen LogP contribution is 2.31. The number of aryl methyl sites for hydroxylation is 1. The molecular formula is C16H22N2O2. The van der Waals surface area contributed by atoms with Crippen LogP contribution in [-0.2, 0) is 4.74 Å². The van der Waals surface area contributed by atoms with E-state index in [0.29, 0.717) is 0 Å². The normalized spacial score (nSPS) is 10.8. The number of nitrogens with zero attached hydrogens (tertiary/aromatic N) is 2. The van der Waals surface area contributed by atoms with E-state index in [1.54, 1.807) is 7.11 Å². The number of hydrogen-bond acceptors (Lipinski definition) is 4. The molecule has 0 amide bonds. The Hall–Kier alpha value is -1.81. The predicted octanol–water partition coefficient (Wildman–Crippen LogP) is 3.02. The minimum Gasteiger partial charge on any atom is -0.494 e. The van der Waals surface area contributed by atoms with Gasteiger partial charge in [-0.3, -0.25) is 0 Å². The summed E-state index contributed by atoms with van der Waals surface area (Å²) in [5, 5.41) is 1.11. The molecule has 0 saturated heterocycles. The van der Waals surface area contributed by atoms with Crippen LogP contribution >= 0.6 is 0 Å². The number of aromatic nitrogens is 1. The van der Waals surface area contributed by atoms with Gasteiger partial charge in [-0.2, -0.15) is 0 Å². The van der Waals surface area contributed by atoms with Crippen molar-refractivity contribution in [3.63, 3.8) is 0 Å². The van der Waals surface area contributed by atoms with Crippen molar-refractivity contribution in [3.05, 3.63) is 30.0 Å². The van der Waals surface area contributed by atoms with Crippen LogP contribution in [0, 0.1) is 6.92 Å². The zero-order chi connectivity index (χ0) is 14.5. The molecule has 4 heteroatoms. The molecule has 0 unspecified atom stereocenters. The van der Waals surface area contributed by atoms with Crippen LogP contribution in [0.15, 0.2) is 24.3 Å². The Balaban J connectivity index is 2.42. The van der Waals surface area contributed by atoms with E-state index in [9.17, 15) is 0 Å². The molecule has 2 aromatic rings. The van der Waals surface area contributed by atoms with E-state index in [1.165, 1.54) is 0 Å². The van der Waals surface area contributed by atoms with E-state index < -0.39 is 0 Å².